The summed E-state index contributed by atoms with van der Waals surface area (Å²) in [5.74, 6) is -1.16. The number of anilines is 1. The molecule has 3 aromatic rings. The number of nitrogens with one attached hydrogen (secondary N) is 1. The summed E-state index contributed by atoms with van der Waals surface area (Å²) in [4.78, 5) is 25.9. The van der Waals surface area contributed by atoms with E-state index in [2.05, 4.69) is 10.4 Å². The van der Waals surface area contributed by atoms with E-state index in [1.165, 1.54) is 12.1 Å². The molecule has 2 unspecified atom stereocenters. The van der Waals surface area contributed by atoms with E-state index in [0.717, 1.165) is 5.56 Å². The Labute approximate surface area is 160 Å². The Morgan fingerprint density at radius 3 is 2.68 bits per heavy atom. The molecule has 1 aliphatic rings. The third-order valence-electron chi connectivity index (χ3n) is 4.74. The zero-order valence-electron chi connectivity index (χ0n) is 15.1. The van der Waals surface area contributed by atoms with Crippen LogP contribution in [0.25, 0.3) is 0 Å². The van der Waals surface area contributed by atoms with Crippen molar-refractivity contribution in [1.82, 2.24) is 9.78 Å². The van der Waals surface area contributed by atoms with Crippen molar-refractivity contribution in [3.8, 4) is 0 Å². The Balaban J connectivity index is 1.85. The van der Waals surface area contributed by atoms with Crippen molar-refractivity contribution >= 4 is 17.4 Å². The number of hydrogen-bond acceptors (Lipinski definition) is 5. The first-order chi connectivity index (χ1) is 13.6. The molecule has 0 spiro atoms. The molecule has 0 fully saturated rings. The third-order valence-corrected chi connectivity index (χ3v) is 4.74. The summed E-state index contributed by atoms with van der Waals surface area (Å²) in [5.41, 5.74) is 1.77. The Hall–Kier alpha value is -3.48. The topological polar surface area (TPSA) is 73.2 Å². The van der Waals surface area contributed by atoms with Gasteiger partial charge in [0, 0.05) is 18.1 Å². The third kappa shape index (κ3) is 3.05. The highest BCUT2D eigenvalue weighted by Crippen LogP contribution is 2.40. The molecular weight excluding hydrogens is 361 g/mol. The fourth-order valence-electron chi connectivity index (χ4n) is 3.52. The van der Waals surface area contributed by atoms with E-state index in [0.29, 0.717) is 5.69 Å². The molecule has 2 aromatic carbocycles. The molecule has 0 radical (unpaired) electrons. The molecule has 2 heterocycles. The molecule has 0 bridgehead atoms. The van der Waals surface area contributed by atoms with Crippen LogP contribution >= 0.6 is 0 Å². The smallest absolute Gasteiger partial charge is 0.338 e. The number of ether oxygens (including phenoxy) is 1. The van der Waals surface area contributed by atoms with Crippen molar-refractivity contribution in [2.24, 2.45) is 0 Å². The van der Waals surface area contributed by atoms with Crippen LogP contribution in [0.2, 0.25) is 0 Å². The monoisotopic (exact) mass is 379 g/mol. The minimum atomic E-state index is -0.733. The molecule has 142 valence electrons. The summed E-state index contributed by atoms with van der Waals surface area (Å²) in [6, 6.07) is 11.5. The summed E-state index contributed by atoms with van der Waals surface area (Å²) in [7, 11) is 0. The highest BCUT2D eigenvalue weighted by Gasteiger charge is 2.40. The second kappa shape index (κ2) is 7.26. The van der Waals surface area contributed by atoms with Gasteiger partial charge in [0.25, 0.3) is 0 Å². The molecule has 0 aliphatic carbocycles. The number of Topliss-reactive ketones (excluding diaryl/α,β-unsaturated/α-hetero) is 1. The molecule has 0 saturated carbocycles. The largest absolute Gasteiger partial charge is 0.462 e. The molecule has 6 nitrogen and oxygen atoms in total. The summed E-state index contributed by atoms with van der Waals surface area (Å²) < 4.78 is 20.1. The fourth-order valence-corrected chi connectivity index (χ4v) is 3.52. The Morgan fingerprint density at radius 2 is 2.00 bits per heavy atom. The number of rotatable bonds is 4. The number of esters is 1. The average Bonchev–Trinajstić information content (AvgIpc) is 3.22. The minimum Gasteiger partial charge on any atom is -0.462 e. The van der Waals surface area contributed by atoms with Gasteiger partial charge in [0.2, 0.25) is 0 Å². The number of carbonyl (C=O) groups excluding carboxylic acids is 2. The minimum absolute atomic E-state index is 0.213. The van der Waals surface area contributed by atoms with Gasteiger partial charge in [0.05, 0.1) is 23.8 Å². The number of nitrogens with zero attached hydrogens (tertiary/aromatic N) is 2. The zero-order valence-corrected chi connectivity index (χ0v) is 15.1. The van der Waals surface area contributed by atoms with Crippen LogP contribution in [-0.2, 0) is 4.74 Å². The predicted octanol–water partition coefficient (Wildman–Crippen LogP) is 3.79. The van der Waals surface area contributed by atoms with E-state index in [9.17, 15) is 14.0 Å². The number of fused-ring (bicyclic) bond motifs is 1. The lowest BCUT2D eigenvalue weighted by Gasteiger charge is -2.34. The molecule has 2 atom stereocenters. The first-order valence-corrected chi connectivity index (χ1v) is 8.95. The van der Waals surface area contributed by atoms with Crippen LogP contribution < -0.4 is 5.32 Å². The highest BCUT2D eigenvalue weighted by atomic mass is 19.1. The molecule has 28 heavy (non-hydrogen) atoms. The van der Waals surface area contributed by atoms with E-state index >= 15 is 0 Å². The number of ketones is 1. The molecule has 1 aromatic heterocycles. The maximum atomic E-state index is 13.5. The second-order valence-electron chi connectivity index (χ2n) is 6.42. The van der Waals surface area contributed by atoms with E-state index in [-0.39, 0.29) is 29.3 Å². The summed E-state index contributed by atoms with van der Waals surface area (Å²) in [6.45, 7) is 1.93. The van der Waals surface area contributed by atoms with Crippen LogP contribution in [0.4, 0.5) is 10.1 Å². The van der Waals surface area contributed by atoms with E-state index in [1.807, 2.05) is 0 Å². The summed E-state index contributed by atoms with van der Waals surface area (Å²) in [6.07, 6.45) is 3.28. The average molecular weight is 379 g/mol. The molecule has 1 aliphatic heterocycles. The van der Waals surface area contributed by atoms with Crippen LogP contribution in [0.15, 0.2) is 60.9 Å². The molecule has 1 N–H and O–H groups in total. The van der Waals surface area contributed by atoms with Gasteiger partial charge in [-0.2, -0.15) is 5.10 Å². The maximum absolute atomic E-state index is 13.5. The maximum Gasteiger partial charge on any atom is 0.338 e. The normalized spacial score (nSPS) is 18.3. The van der Waals surface area contributed by atoms with Gasteiger partial charge in [-0.3, -0.25) is 9.48 Å². The van der Waals surface area contributed by atoms with Crippen molar-refractivity contribution < 1.29 is 18.7 Å². The fraction of sp³-hybridized carbons (Fsp3) is 0.190. The number of aromatic nitrogens is 2. The van der Waals surface area contributed by atoms with E-state index in [4.69, 9.17) is 4.74 Å². The molecule has 0 amide bonds. The first kappa shape index (κ1) is 17.9. The van der Waals surface area contributed by atoms with Crippen LogP contribution in [0.1, 0.15) is 45.3 Å². The molecule has 7 heteroatoms. The highest BCUT2D eigenvalue weighted by molar-refractivity contribution is 6.13. The lowest BCUT2D eigenvalue weighted by Crippen LogP contribution is -2.37. The van der Waals surface area contributed by atoms with Crippen molar-refractivity contribution in [2.75, 3.05) is 11.9 Å². The Morgan fingerprint density at radius 1 is 1.21 bits per heavy atom. The van der Waals surface area contributed by atoms with Crippen molar-refractivity contribution in [3.05, 3.63) is 83.4 Å². The van der Waals surface area contributed by atoms with E-state index < -0.39 is 18.1 Å². The van der Waals surface area contributed by atoms with Gasteiger partial charge in [0.1, 0.15) is 11.9 Å². The predicted molar refractivity (Wildman–Crippen MR) is 101 cm³/mol. The lowest BCUT2D eigenvalue weighted by molar-refractivity contribution is 0.0521. The van der Waals surface area contributed by atoms with Crippen LogP contribution in [0.5, 0.6) is 0 Å². The van der Waals surface area contributed by atoms with Crippen molar-refractivity contribution in [1.29, 1.82) is 0 Å². The molecule has 4 rings (SSSR count). The van der Waals surface area contributed by atoms with Gasteiger partial charge in [-0.1, -0.05) is 18.2 Å². The van der Waals surface area contributed by atoms with Crippen molar-refractivity contribution in [3.63, 3.8) is 0 Å². The summed E-state index contributed by atoms with van der Waals surface area (Å²) >= 11 is 0. The standard InChI is InChI=1S/C21H18FN3O3/c1-2-28-21(27)15-5-3-6-16-17(15)20(26)19(25-12-4-11-23-25)18(24-16)13-7-9-14(22)10-8-13/h3-12,18-19,24H,2H2,1H3. The van der Waals surface area contributed by atoms with Crippen molar-refractivity contribution in [2.45, 2.75) is 19.0 Å². The number of carbonyl (C=O) groups is 2. The van der Waals surface area contributed by atoms with Gasteiger partial charge in [-0.05, 0) is 42.8 Å². The SMILES string of the molecule is CCOC(=O)c1cccc2c1C(=O)C(n1cccn1)C(c1ccc(F)cc1)N2. The first-order valence-electron chi connectivity index (χ1n) is 8.95. The molecular formula is C21H18FN3O3. The lowest BCUT2D eigenvalue weighted by atomic mass is 9.85. The van der Waals surface area contributed by atoms with Gasteiger partial charge < -0.3 is 10.1 Å². The summed E-state index contributed by atoms with van der Waals surface area (Å²) in [5, 5.41) is 7.56. The quantitative estimate of drug-likeness (QED) is 0.698. The number of hydrogen-bond donors (Lipinski definition) is 1. The zero-order chi connectivity index (χ0) is 19.7. The van der Waals surface area contributed by atoms with Gasteiger partial charge in [-0.25, -0.2) is 9.18 Å². The van der Waals surface area contributed by atoms with Crippen LogP contribution in [0, 0.1) is 5.82 Å². The van der Waals surface area contributed by atoms with Crippen LogP contribution in [0.3, 0.4) is 0 Å². The van der Waals surface area contributed by atoms with Gasteiger partial charge in [0.15, 0.2) is 5.78 Å². The molecule has 0 saturated heterocycles. The Kier molecular flexibility index (Phi) is 4.65. The van der Waals surface area contributed by atoms with Gasteiger partial charge >= 0.3 is 5.97 Å². The van der Waals surface area contributed by atoms with Gasteiger partial charge in [-0.15, -0.1) is 0 Å². The van der Waals surface area contributed by atoms with E-state index in [1.54, 1.807) is 60.4 Å². The van der Waals surface area contributed by atoms with Crippen LogP contribution in [-0.4, -0.2) is 28.1 Å². The Bertz CT molecular complexity index is 1020. The number of benzene rings is 2. The number of halogens is 1. The second-order valence-corrected chi connectivity index (χ2v) is 6.42.